The number of aryl methyl sites for hydroxylation is 1. The highest BCUT2D eigenvalue weighted by Crippen LogP contribution is 2.30. The van der Waals surface area contributed by atoms with Crippen molar-refractivity contribution in [3.8, 4) is 5.88 Å². The molecule has 0 saturated carbocycles. The predicted molar refractivity (Wildman–Crippen MR) is 115 cm³/mol. The van der Waals surface area contributed by atoms with Crippen LogP contribution in [0.25, 0.3) is 12.2 Å². The van der Waals surface area contributed by atoms with Gasteiger partial charge in [-0.3, -0.25) is 9.36 Å². The second-order valence-electron chi connectivity index (χ2n) is 6.46. The minimum atomic E-state index is -0.340. The van der Waals surface area contributed by atoms with Crippen LogP contribution in [0.1, 0.15) is 16.0 Å². The average molecular weight is 427 g/mol. The molecule has 3 aromatic rings. The number of fused-ring (bicyclic) bond motifs is 1. The lowest BCUT2D eigenvalue weighted by Crippen LogP contribution is -2.30. The fraction of sp³-hybridized carbons (Fsp3) is 0.0952. The maximum atomic E-state index is 12.4. The molecule has 0 fully saturated rings. The molecule has 2 aromatic carbocycles. The van der Waals surface area contributed by atoms with Crippen molar-refractivity contribution in [1.29, 1.82) is 0 Å². The highest BCUT2D eigenvalue weighted by atomic mass is 35.5. The molecule has 0 saturated heterocycles. The predicted octanol–water partition coefficient (Wildman–Crippen LogP) is 4.02. The number of rotatable bonds is 3. The zero-order valence-corrected chi connectivity index (χ0v) is 17.2. The summed E-state index contributed by atoms with van der Waals surface area (Å²) in [5, 5.41) is 12.8. The van der Waals surface area contributed by atoms with Crippen LogP contribution in [0.3, 0.4) is 0 Å². The monoisotopic (exact) mass is 426 g/mol. The number of aromatic nitrogens is 1. The molecule has 0 spiro atoms. The third-order valence-electron chi connectivity index (χ3n) is 4.43. The molecule has 1 N–H and O–H groups in total. The minimum Gasteiger partial charge on any atom is -0.493 e. The van der Waals surface area contributed by atoms with Crippen LogP contribution >= 0.6 is 35.2 Å². The van der Waals surface area contributed by atoms with Crippen LogP contribution in [-0.4, -0.2) is 15.6 Å². The van der Waals surface area contributed by atoms with Crippen LogP contribution in [0.2, 0.25) is 5.02 Å². The molecule has 0 aliphatic carbocycles. The molecule has 1 amide bonds. The first-order chi connectivity index (χ1) is 13.4. The molecule has 28 heavy (non-hydrogen) atoms. The molecule has 1 aliphatic heterocycles. The normalized spacial score (nSPS) is 14.5. The zero-order chi connectivity index (χ0) is 19.8. The van der Waals surface area contributed by atoms with Gasteiger partial charge in [0.05, 0.1) is 16.8 Å². The number of aromatic hydroxyl groups is 1. The highest BCUT2D eigenvalue weighted by molar-refractivity contribution is 7.73. The van der Waals surface area contributed by atoms with Gasteiger partial charge in [-0.1, -0.05) is 41.4 Å². The van der Waals surface area contributed by atoms with Gasteiger partial charge in [0.25, 0.3) is 5.91 Å². The quantitative estimate of drug-likeness (QED) is 0.508. The Balaban J connectivity index is 1.76. The molecule has 7 heteroatoms. The Labute approximate surface area is 175 Å². The van der Waals surface area contributed by atoms with E-state index in [-0.39, 0.29) is 11.8 Å². The summed E-state index contributed by atoms with van der Waals surface area (Å²) >= 11 is 12.9. The number of carbonyl (C=O) groups is 1. The van der Waals surface area contributed by atoms with Gasteiger partial charge in [-0.25, -0.2) is 4.99 Å². The van der Waals surface area contributed by atoms with Crippen molar-refractivity contribution in [3.05, 3.63) is 83.6 Å². The Morgan fingerprint density at radius 2 is 2.07 bits per heavy atom. The van der Waals surface area contributed by atoms with E-state index in [9.17, 15) is 9.90 Å². The van der Waals surface area contributed by atoms with E-state index in [1.54, 1.807) is 22.8 Å². The fourth-order valence-electron chi connectivity index (χ4n) is 2.98. The van der Waals surface area contributed by atoms with Crippen LogP contribution in [0.5, 0.6) is 5.88 Å². The van der Waals surface area contributed by atoms with Crippen molar-refractivity contribution in [2.75, 3.05) is 0 Å². The minimum absolute atomic E-state index is 0.0126. The molecular formula is C21H15ClN2O2S2. The Morgan fingerprint density at radius 3 is 2.86 bits per heavy atom. The Bertz CT molecular complexity index is 1320. The van der Waals surface area contributed by atoms with Gasteiger partial charge in [0.1, 0.15) is 0 Å². The molecule has 2 heterocycles. The number of thiazole rings is 1. The van der Waals surface area contributed by atoms with Gasteiger partial charge in [-0.05, 0) is 55.1 Å². The van der Waals surface area contributed by atoms with Crippen molar-refractivity contribution in [3.63, 3.8) is 0 Å². The zero-order valence-electron chi connectivity index (χ0n) is 14.8. The van der Waals surface area contributed by atoms with Gasteiger partial charge < -0.3 is 5.11 Å². The number of hydrogen-bond acceptors (Lipinski definition) is 4. The van der Waals surface area contributed by atoms with E-state index >= 15 is 0 Å². The third-order valence-corrected chi connectivity index (χ3v) is 6.18. The van der Waals surface area contributed by atoms with E-state index in [0.29, 0.717) is 31.3 Å². The maximum Gasteiger partial charge on any atom is 0.277 e. The molecular weight excluding hydrogens is 412 g/mol. The summed E-state index contributed by atoms with van der Waals surface area (Å²) in [6, 6.07) is 13.1. The largest absolute Gasteiger partial charge is 0.493 e. The maximum absolute atomic E-state index is 12.4. The van der Waals surface area contributed by atoms with E-state index in [1.807, 2.05) is 43.3 Å². The summed E-state index contributed by atoms with van der Waals surface area (Å²) in [6.07, 6.45) is 3.42. The fourth-order valence-corrected chi connectivity index (χ4v) is 4.44. The van der Waals surface area contributed by atoms with Crippen LogP contribution in [0.4, 0.5) is 0 Å². The van der Waals surface area contributed by atoms with Crippen LogP contribution in [0, 0.1) is 10.9 Å². The highest BCUT2D eigenvalue weighted by Gasteiger charge is 2.16. The number of halogens is 1. The van der Waals surface area contributed by atoms with Crippen molar-refractivity contribution in [2.24, 2.45) is 4.99 Å². The van der Waals surface area contributed by atoms with Gasteiger partial charge >= 0.3 is 0 Å². The first-order valence-corrected chi connectivity index (χ1v) is 10.1. The Hall–Kier alpha value is -2.54. The first-order valence-electron chi connectivity index (χ1n) is 8.51. The van der Waals surface area contributed by atoms with E-state index in [1.165, 1.54) is 11.3 Å². The number of amides is 1. The van der Waals surface area contributed by atoms with E-state index < -0.39 is 0 Å². The van der Waals surface area contributed by atoms with Crippen molar-refractivity contribution in [2.45, 2.75) is 13.5 Å². The smallest absolute Gasteiger partial charge is 0.277 e. The van der Waals surface area contributed by atoms with Crippen molar-refractivity contribution < 1.29 is 9.90 Å². The molecule has 0 radical (unpaired) electrons. The second-order valence-corrected chi connectivity index (χ2v) is 8.54. The molecule has 1 aliphatic rings. The molecule has 4 nitrogen and oxygen atoms in total. The first kappa shape index (κ1) is 18.8. The van der Waals surface area contributed by atoms with E-state index in [2.05, 4.69) is 4.99 Å². The summed E-state index contributed by atoms with van der Waals surface area (Å²) in [5.74, 6) is -0.327. The average Bonchev–Trinajstić information content (AvgIpc) is 2.92. The van der Waals surface area contributed by atoms with E-state index in [0.717, 1.165) is 16.3 Å². The molecule has 0 unspecified atom stereocenters. The van der Waals surface area contributed by atoms with Crippen molar-refractivity contribution >= 4 is 53.2 Å². The molecule has 140 valence electrons. The van der Waals surface area contributed by atoms with E-state index in [4.69, 9.17) is 23.8 Å². The Kier molecular flexibility index (Phi) is 5.02. The SMILES string of the molecule is Cc1ccc2c(c1)=CC(=Cc1sc(=S)n(Cc3ccccc3Cl)c1O)C(=O)N=2. The summed E-state index contributed by atoms with van der Waals surface area (Å²) < 4.78 is 2.11. The standard InChI is InChI=1S/C21H15ClN2O2S2/c1-12-6-7-17-14(8-12)9-15(19(25)23-17)10-18-20(26)24(21(27)28-18)11-13-4-2-3-5-16(13)22/h2-10,26H,11H2,1H3. The lowest BCUT2D eigenvalue weighted by Gasteiger charge is -2.07. The summed E-state index contributed by atoms with van der Waals surface area (Å²) in [6.45, 7) is 2.34. The topological polar surface area (TPSA) is 54.6 Å². The lowest BCUT2D eigenvalue weighted by molar-refractivity contribution is -0.114. The lowest BCUT2D eigenvalue weighted by atomic mass is 10.1. The molecule has 0 atom stereocenters. The van der Waals surface area contributed by atoms with Crippen LogP contribution in [0.15, 0.2) is 53.0 Å². The number of carbonyl (C=O) groups excluding carboxylic acids is 1. The Morgan fingerprint density at radius 1 is 1.29 bits per heavy atom. The number of hydrogen-bond donors (Lipinski definition) is 1. The second kappa shape index (κ2) is 7.47. The third kappa shape index (κ3) is 3.58. The van der Waals surface area contributed by atoms with Crippen LogP contribution < -0.4 is 10.6 Å². The van der Waals surface area contributed by atoms with Gasteiger partial charge in [0.15, 0.2) is 3.95 Å². The summed E-state index contributed by atoms with van der Waals surface area (Å²) in [7, 11) is 0. The molecule has 0 bridgehead atoms. The molecule has 1 aromatic heterocycles. The summed E-state index contributed by atoms with van der Waals surface area (Å²) in [4.78, 5) is 17.0. The molecule has 4 rings (SSSR count). The van der Waals surface area contributed by atoms with Crippen molar-refractivity contribution in [1.82, 2.24) is 4.57 Å². The van der Waals surface area contributed by atoms with Gasteiger partial charge in [0, 0.05) is 15.8 Å². The van der Waals surface area contributed by atoms with Gasteiger partial charge in [-0.15, -0.1) is 11.3 Å². The van der Waals surface area contributed by atoms with Gasteiger partial charge in [0.2, 0.25) is 5.88 Å². The number of nitrogens with zero attached hydrogens (tertiary/aromatic N) is 2. The van der Waals surface area contributed by atoms with Gasteiger partial charge in [-0.2, -0.15) is 0 Å². The number of benzene rings is 2. The summed E-state index contributed by atoms with van der Waals surface area (Å²) in [5.41, 5.74) is 2.35. The van der Waals surface area contributed by atoms with Crippen LogP contribution in [-0.2, 0) is 11.3 Å².